The van der Waals surface area contributed by atoms with Crippen molar-refractivity contribution in [3.8, 4) is 5.75 Å². The van der Waals surface area contributed by atoms with Crippen LogP contribution in [0, 0.1) is 0 Å². The maximum atomic E-state index is 10.0. The molecule has 0 amide bonds. The normalized spacial score (nSPS) is 29.4. The molecule has 0 aromatic carbocycles. The predicted octanol–water partition coefficient (Wildman–Crippen LogP) is 2.46. The topological polar surface area (TPSA) is 42.4 Å². The molecule has 3 nitrogen and oxygen atoms in total. The molecule has 1 aromatic heterocycles. The zero-order valence-electron chi connectivity index (χ0n) is 9.23. The molecule has 0 spiro atoms. The Morgan fingerprint density at radius 3 is 3.20 bits per heavy atom. The third kappa shape index (κ3) is 1.97. The molecule has 0 aliphatic carbocycles. The van der Waals surface area contributed by atoms with Crippen molar-refractivity contribution in [2.75, 3.05) is 0 Å². The fourth-order valence-electron chi connectivity index (χ4n) is 2.25. The Morgan fingerprint density at radius 1 is 1.67 bits per heavy atom. The van der Waals surface area contributed by atoms with Crippen LogP contribution in [0.2, 0.25) is 0 Å². The zero-order valence-corrected chi connectivity index (χ0v) is 9.23. The van der Waals surface area contributed by atoms with Crippen molar-refractivity contribution in [2.24, 2.45) is 0 Å². The molecule has 3 heteroatoms. The van der Waals surface area contributed by atoms with Gasteiger partial charge in [-0.15, -0.1) is 0 Å². The van der Waals surface area contributed by atoms with E-state index < -0.39 is 6.10 Å². The minimum absolute atomic E-state index is 0.234. The molecule has 0 bridgehead atoms. The average Bonchev–Trinajstić information content (AvgIpc) is 2.17. The fraction of sp³-hybridized carbons (Fsp3) is 0.583. The largest absolute Gasteiger partial charge is 0.487 e. The third-order valence-corrected chi connectivity index (χ3v) is 2.93. The van der Waals surface area contributed by atoms with Crippen LogP contribution in [-0.4, -0.2) is 15.7 Å². The van der Waals surface area contributed by atoms with Gasteiger partial charge in [0, 0.05) is 24.4 Å². The lowest BCUT2D eigenvalue weighted by Crippen LogP contribution is -2.38. The minimum atomic E-state index is -0.445. The van der Waals surface area contributed by atoms with E-state index in [0.29, 0.717) is 6.42 Å². The van der Waals surface area contributed by atoms with Gasteiger partial charge in [0.2, 0.25) is 0 Å². The van der Waals surface area contributed by atoms with Gasteiger partial charge in [0.1, 0.15) is 11.4 Å². The number of hydrogen-bond donors (Lipinski definition) is 1. The summed E-state index contributed by atoms with van der Waals surface area (Å²) in [6, 6.07) is 1.83. The van der Waals surface area contributed by atoms with Crippen molar-refractivity contribution >= 4 is 0 Å². The maximum absolute atomic E-state index is 10.0. The summed E-state index contributed by atoms with van der Waals surface area (Å²) in [6.45, 7) is 4.19. The third-order valence-electron chi connectivity index (χ3n) is 2.93. The van der Waals surface area contributed by atoms with E-state index in [-0.39, 0.29) is 5.60 Å². The standard InChI is InChI=1S/C12H17NO2/c1-3-5-12(2)7-10(14)9-8-13-6-4-11(9)15-12/h4,6,8,10,14H,3,5,7H2,1-2H3. The Hall–Kier alpha value is -1.09. The van der Waals surface area contributed by atoms with Crippen LogP contribution in [0.4, 0.5) is 0 Å². The Kier molecular flexibility index (Phi) is 2.65. The van der Waals surface area contributed by atoms with Gasteiger partial charge in [-0.05, 0) is 19.4 Å². The molecule has 0 fully saturated rings. The average molecular weight is 207 g/mol. The molecule has 2 atom stereocenters. The zero-order chi connectivity index (χ0) is 10.9. The van der Waals surface area contributed by atoms with Crippen LogP contribution in [0.15, 0.2) is 18.5 Å². The number of fused-ring (bicyclic) bond motifs is 1. The van der Waals surface area contributed by atoms with Crippen LogP contribution in [0.5, 0.6) is 5.75 Å². The first kappa shape index (κ1) is 10.4. The van der Waals surface area contributed by atoms with Crippen LogP contribution in [-0.2, 0) is 0 Å². The summed E-state index contributed by atoms with van der Waals surface area (Å²) in [7, 11) is 0. The van der Waals surface area contributed by atoms with Gasteiger partial charge in [0.15, 0.2) is 0 Å². The predicted molar refractivity (Wildman–Crippen MR) is 57.8 cm³/mol. The SMILES string of the molecule is CCCC1(C)CC(O)c2cnccc2O1. The van der Waals surface area contributed by atoms with Crippen molar-refractivity contribution in [2.45, 2.75) is 44.8 Å². The van der Waals surface area contributed by atoms with Gasteiger partial charge in [-0.25, -0.2) is 0 Å². The number of nitrogens with zero attached hydrogens (tertiary/aromatic N) is 1. The fourth-order valence-corrected chi connectivity index (χ4v) is 2.25. The Balaban J connectivity index is 2.29. The lowest BCUT2D eigenvalue weighted by molar-refractivity contribution is -0.00761. The number of ether oxygens (including phenoxy) is 1. The van der Waals surface area contributed by atoms with E-state index >= 15 is 0 Å². The summed E-state index contributed by atoms with van der Waals surface area (Å²) >= 11 is 0. The molecule has 1 aromatic rings. The number of hydrogen-bond acceptors (Lipinski definition) is 3. The second kappa shape index (κ2) is 3.81. The lowest BCUT2D eigenvalue weighted by atomic mass is 9.88. The molecule has 0 saturated heterocycles. The van der Waals surface area contributed by atoms with E-state index in [1.165, 1.54) is 0 Å². The Labute approximate surface area is 90.1 Å². The molecular weight excluding hydrogens is 190 g/mol. The summed E-state index contributed by atoms with van der Waals surface area (Å²) in [4.78, 5) is 4.00. The molecule has 15 heavy (non-hydrogen) atoms. The summed E-state index contributed by atoms with van der Waals surface area (Å²) in [6.07, 6.45) is 5.61. The molecule has 0 saturated carbocycles. The minimum Gasteiger partial charge on any atom is -0.487 e. The second-order valence-corrected chi connectivity index (χ2v) is 4.44. The first-order valence-corrected chi connectivity index (χ1v) is 5.45. The summed E-state index contributed by atoms with van der Waals surface area (Å²) < 4.78 is 5.93. The van der Waals surface area contributed by atoms with Crippen molar-refractivity contribution in [1.29, 1.82) is 0 Å². The van der Waals surface area contributed by atoms with E-state index in [0.717, 1.165) is 24.2 Å². The van der Waals surface area contributed by atoms with Crippen LogP contribution >= 0.6 is 0 Å². The van der Waals surface area contributed by atoms with Gasteiger partial charge >= 0.3 is 0 Å². The number of aliphatic hydroxyl groups is 1. The van der Waals surface area contributed by atoms with E-state index in [2.05, 4.69) is 18.8 Å². The highest BCUT2D eigenvalue weighted by molar-refractivity contribution is 5.35. The smallest absolute Gasteiger partial charge is 0.129 e. The van der Waals surface area contributed by atoms with Crippen molar-refractivity contribution in [1.82, 2.24) is 4.98 Å². The lowest BCUT2D eigenvalue weighted by Gasteiger charge is -2.37. The van der Waals surface area contributed by atoms with Gasteiger partial charge in [0.25, 0.3) is 0 Å². The Morgan fingerprint density at radius 2 is 2.47 bits per heavy atom. The number of aromatic nitrogens is 1. The van der Waals surface area contributed by atoms with Gasteiger partial charge in [-0.3, -0.25) is 4.98 Å². The van der Waals surface area contributed by atoms with Gasteiger partial charge in [-0.2, -0.15) is 0 Å². The molecule has 1 aliphatic rings. The number of pyridine rings is 1. The maximum Gasteiger partial charge on any atom is 0.129 e. The molecule has 2 heterocycles. The molecule has 1 N–H and O–H groups in total. The molecule has 0 radical (unpaired) electrons. The Bertz CT molecular complexity index is 353. The van der Waals surface area contributed by atoms with Crippen LogP contribution in [0.3, 0.4) is 0 Å². The van der Waals surface area contributed by atoms with Crippen LogP contribution < -0.4 is 4.74 Å². The summed E-state index contributed by atoms with van der Waals surface area (Å²) in [5, 5.41) is 10.0. The highest BCUT2D eigenvalue weighted by atomic mass is 16.5. The first-order chi connectivity index (χ1) is 7.14. The van der Waals surface area contributed by atoms with Crippen LogP contribution in [0.1, 0.15) is 44.8 Å². The first-order valence-electron chi connectivity index (χ1n) is 5.45. The van der Waals surface area contributed by atoms with E-state index in [1.807, 2.05) is 6.07 Å². The highest BCUT2D eigenvalue weighted by Crippen LogP contribution is 2.40. The second-order valence-electron chi connectivity index (χ2n) is 4.44. The molecular formula is C12H17NO2. The van der Waals surface area contributed by atoms with Crippen molar-refractivity contribution in [3.05, 3.63) is 24.0 Å². The monoisotopic (exact) mass is 207 g/mol. The molecule has 1 aliphatic heterocycles. The van der Waals surface area contributed by atoms with Gasteiger partial charge in [0.05, 0.1) is 6.10 Å². The van der Waals surface area contributed by atoms with Crippen molar-refractivity contribution < 1.29 is 9.84 Å². The van der Waals surface area contributed by atoms with E-state index in [9.17, 15) is 5.11 Å². The summed E-state index contributed by atoms with van der Waals surface area (Å²) in [5.41, 5.74) is 0.578. The number of rotatable bonds is 2. The van der Waals surface area contributed by atoms with E-state index in [4.69, 9.17) is 4.74 Å². The van der Waals surface area contributed by atoms with E-state index in [1.54, 1.807) is 12.4 Å². The highest BCUT2D eigenvalue weighted by Gasteiger charge is 2.35. The van der Waals surface area contributed by atoms with Gasteiger partial charge in [-0.1, -0.05) is 13.3 Å². The molecule has 2 rings (SSSR count). The van der Waals surface area contributed by atoms with Gasteiger partial charge < -0.3 is 9.84 Å². The quantitative estimate of drug-likeness (QED) is 0.810. The van der Waals surface area contributed by atoms with Crippen LogP contribution in [0.25, 0.3) is 0 Å². The number of aliphatic hydroxyl groups excluding tert-OH is 1. The van der Waals surface area contributed by atoms with Crippen molar-refractivity contribution in [3.63, 3.8) is 0 Å². The summed E-state index contributed by atoms with van der Waals surface area (Å²) in [5.74, 6) is 0.778. The molecule has 2 unspecified atom stereocenters. The molecule has 82 valence electrons.